The van der Waals surface area contributed by atoms with Crippen LogP contribution in [0.4, 0.5) is 5.82 Å². The SMILES string of the molecule is Cc1cnc(N)c(C#CCN)c1. The van der Waals surface area contributed by atoms with E-state index in [9.17, 15) is 0 Å². The molecule has 3 nitrogen and oxygen atoms in total. The molecule has 1 rings (SSSR count). The third kappa shape index (κ3) is 1.97. The summed E-state index contributed by atoms with van der Waals surface area (Å²) >= 11 is 0. The molecule has 0 aromatic carbocycles. The molecule has 0 spiro atoms. The van der Waals surface area contributed by atoms with Crippen LogP contribution in [0.2, 0.25) is 0 Å². The highest BCUT2D eigenvalue weighted by Gasteiger charge is 1.95. The molecular weight excluding hydrogens is 150 g/mol. The van der Waals surface area contributed by atoms with Crippen molar-refractivity contribution in [1.82, 2.24) is 4.98 Å². The molecule has 0 bridgehead atoms. The van der Waals surface area contributed by atoms with Gasteiger partial charge in [0.15, 0.2) is 0 Å². The summed E-state index contributed by atoms with van der Waals surface area (Å²) in [6, 6.07) is 1.89. The minimum Gasteiger partial charge on any atom is -0.383 e. The number of anilines is 1. The van der Waals surface area contributed by atoms with Crippen LogP contribution in [0, 0.1) is 18.8 Å². The van der Waals surface area contributed by atoms with E-state index in [0.717, 1.165) is 11.1 Å². The first-order valence-corrected chi connectivity index (χ1v) is 3.65. The van der Waals surface area contributed by atoms with Crippen molar-refractivity contribution in [3.05, 3.63) is 23.4 Å². The van der Waals surface area contributed by atoms with Crippen LogP contribution in [-0.4, -0.2) is 11.5 Å². The molecule has 0 aliphatic heterocycles. The maximum Gasteiger partial charge on any atom is 0.139 e. The van der Waals surface area contributed by atoms with Crippen molar-refractivity contribution in [3.8, 4) is 11.8 Å². The smallest absolute Gasteiger partial charge is 0.139 e. The van der Waals surface area contributed by atoms with Gasteiger partial charge in [-0.3, -0.25) is 0 Å². The average molecular weight is 161 g/mol. The van der Waals surface area contributed by atoms with Gasteiger partial charge < -0.3 is 11.5 Å². The van der Waals surface area contributed by atoms with E-state index in [1.807, 2.05) is 13.0 Å². The number of hydrogen-bond acceptors (Lipinski definition) is 3. The molecule has 12 heavy (non-hydrogen) atoms. The van der Waals surface area contributed by atoms with Crippen molar-refractivity contribution in [2.24, 2.45) is 5.73 Å². The molecule has 0 aliphatic rings. The molecule has 0 unspecified atom stereocenters. The highest BCUT2D eigenvalue weighted by Crippen LogP contribution is 2.07. The Morgan fingerprint density at radius 1 is 1.58 bits per heavy atom. The van der Waals surface area contributed by atoms with Crippen molar-refractivity contribution < 1.29 is 0 Å². The molecular formula is C9H11N3. The number of rotatable bonds is 0. The molecule has 0 aliphatic carbocycles. The van der Waals surface area contributed by atoms with Crippen molar-refractivity contribution in [2.75, 3.05) is 12.3 Å². The van der Waals surface area contributed by atoms with Gasteiger partial charge in [0.1, 0.15) is 5.82 Å². The number of nitrogens with zero attached hydrogens (tertiary/aromatic N) is 1. The molecule has 0 fully saturated rings. The summed E-state index contributed by atoms with van der Waals surface area (Å²) in [6.07, 6.45) is 1.71. The van der Waals surface area contributed by atoms with E-state index in [-0.39, 0.29) is 0 Å². The maximum absolute atomic E-state index is 5.58. The molecule has 1 aromatic heterocycles. The molecule has 3 heteroatoms. The number of aromatic nitrogens is 1. The molecule has 0 atom stereocenters. The maximum atomic E-state index is 5.58. The van der Waals surface area contributed by atoms with Crippen LogP contribution in [-0.2, 0) is 0 Å². The molecule has 0 saturated heterocycles. The molecule has 4 N–H and O–H groups in total. The van der Waals surface area contributed by atoms with E-state index in [2.05, 4.69) is 16.8 Å². The van der Waals surface area contributed by atoms with E-state index in [1.54, 1.807) is 6.20 Å². The first-order valence-electron chi connectivity index (χ1n) is 3.65. The van der Waals surface area contributed by atoms with Crippen molar-refractivity contribution in [3.63, 3.8) is 0 Å². The Kier molecular flexibility index (Phi) is 2.67. The number of aryl methyl sites for hydroxylation is 1. The normalized spacial score (nSPS) is 8.83. The van der Waals surface area contributed by atoms with E-state index in [1.165, 1.54) is 0 Å². The zero-order chi connectivity index (χ0) is 8.97. The summed E-state index contributed by atoms with van der Waals surface area (Å²) in [4.78, 5) is 3.97. The Morgan fingerprint density at radius 3 is 3.00 bits per heavy atom. The molecule has 1 heterocycles. The van der Waals surface area contributed by atoms with E-state index in [4.69, 9.17) is 11.5 Å². The summed E-state index contributed by atoms with van der Waals surface area (Å²) in [7, 11) is 0. The van der Waals surface area contributed by atoms with Crippen LogP contribution in [0.3, 0.4) is 0 Å². The van der Waals surface area contributed by atoms with Crippen LogP contribution in [0.25, 0.3) is 0 Å². The number of nitrogens with two attached hydrogens (primary N) is 2. The van der Waals surface area contributed by atoms with E-state index < -0.39 is 0 Å². The Labute approximate surface area is 71.8 Å². The lowest BCUT2D eigenvalue weighted by Gasteiger charge is -1.97. The summed E-state index contributed by atoms with van der Waals surface area (Å²) in [5, 5.41) is 0. The summed E-state index contributed by atoms with van der Waals surface area (Å²) in [5.41, 5.74) is 12.6. The Bertz CT molecular complexity index is 333. The van der Waals surface area contributed by atoms with Crippen LogP contribution in [0.1, 0.15) is 11.1 Å². The van der Waals surface area contributed by atoms with Crippen molar-refractivity contribution in [1.29, 1.82) is 0 Å². The van der Waals surface area contributed by atoms with Gasteiger partial charge in [0.25, 0.3) is 0 Å². The second-order valence-electron chi connectivity index (χ2n) is 2.45. The minimum atomic E-state index is 0.341. The van der Waals surface area contributed by atoms with Gasteiger partial charge in [-0.1, -0.05) is 11.8 Å². The number of nitrogen functional groups attached to an aromatic ring is 1. The lowest BCUT2D eigenvalue weighted by atomic mass is 10.2. The minimum absolute atomic E-state index is 0.341. The number of pyridine rings is 1. The van der Waals surface area contributed by atoms with Crippen molar-refractivity contribution >= 4 is 5.82 Å². The van der Waals surface area contributed by atoms with Gasteiger partial charge in [-0.15, -0.1) is 0 Å². The van der Waals surface area contributed by atoms with Crippen LogP contribution >= 0.6 is 0 Å². The molecule has 62 valence electrons. The van der Waals surface area contributed by atoms with Gasteiger partial charge in [-0.05, 0) is 18.6 Å². The summed E-state index contributed by atoms with van der Waals surface area (Å²) in [5.74, 6) is 6.04. The lowest BCUT2D eigenvalue weighted by molar-refractivity contribution is 1.26. The zero-order valence-corrected chi connectivity index (χ0v) is 6.96. The zero-order valence-electron chi connectivity index (χ0n) is 6.96. The predicted octanol–water partition coefficient (Wildman–Crippen LogP) is 0.282. The molecule has 0 radical (unpaired) electrons. The van der Waals surface area contributed by atoms with Crippen LogP contribution in [0.5, 0.6) is 0 Å². The Balaban J connectivity index is 3.05. The van der Waals surface area contributed by atoms with E-state index in [0.29, 0.717) is 12.4 Å². The highest BCUT2D eigenvalue weighted by molar-refractivity contribution is 5.51. The molecule has 0 amide bonds. The quantitative estimate of drug-likeness (QED) is 0.537. The van der Waals surface area contributed by atoms with Gasteiger partial charge in [0, 0.05) is 6.20 Å². The second kappa shape index (κ2) is 3.74. The van der Waals surface area contributed by atoms with Gasteiger partial charge in [-0.25, -0.2) is 4.98 Å². The molecule has 1 aromatic rings. The van der Waals surface area contributed by atoms with E-state index >= 15 is 0 Å². The predicted molar refractivity (Wildman–Crippen MR) is 49.3 cm³/mol. The van der Waals surface area contributed by atoms with Crippen LogP contribution < -0.4 is 11.5 Å². The fourth-order valence-corrected chi connectivity index (χ4v) is 0.826. The van der Waals surface area contributed by atoms with Crippen LogP contribution in [0.15, 0.2) is 12.3 Å². The number of hydrogen-bond donors (Lipinski definition) is 2. The monoisotopic (exact) mass is 161 g/mol. The second-order valence-corrected chi connectivity index (χ2v) is 2.45. The third-order valence-corrected chi connectivity index (χ3v) is 1.38. The summed E-state index contributed by atoms with van der Waals surface area (Å²) in [6.45, 7) is 2.29. The fourth-order valence-electron chi connectivity index (χ4n) is 0.826. The largest absolute Gasteiger partial charge is 0.383 e. The fraction of sp³-hybridized carbons (Fsp3) is 0.222. The Morgan fingerprint density at radius 2 is 2.33 bits per heavy atom. The standard InChI is InChI=1S/C9H11N3/c1-7-5-8(3-2-4-10)9(11)12-6-7/h5-6H,4,10H2,1H3,(H2,11,12). The Hall–Kier alpha value is -1.53. The topological polar surface area (TPSA) is 64.9 Å². The molecule has 0 saturated carbocycles. The van der Waals surface area contributed by atoms with Gasteiger partial charge >= 0.3 is 0 Å². The average Bonchev–Trinajstić information content (AvgIpc) is 2.07. The lowest BCUT2D eigenvalue weighted by Crippen LogP contribution is -1.97. The van der Waals surface area contributed by atoms with Crippen molar-refractivity contribution in [2.45, 2.75) is 6.92 Å². The van der Waals surface area contributed by atoms with Gasteiger partial charge in [0.05, 0.1) is 12.1 Å². The third-order valence-electron chi connectivity index (χ3n) is 1.38. The highest BCUT2D eigenvalue weighted by atomic mass is 14.8. The van der Waals surface area contributed by atoms with Gasteiger partial charge in [-0.2, -0.15) is 0 Å². The summed E-state index contributed by atoms with van der Waals surface area (Å²) < 4.78 is 0. The first kappa shape index (κ1) is 8.57. The first-order chi connectivity index (χ1) is 5.74. The van der Waals surface area contributed by atoms with Gasteiger partial charge in [0.2, 0.25) is 0 Å².